The summed E-state index contributed by atoms with van der Waals surface area (Å²) in [4.78, 5) is 10.6. The van der Waals surface area contributed by atoms with Crippen LogP contribution in [0.25, 0.3) is 0 Å². The van der Waals surface area contributed by atoms with Gasteiger partial charge in [0.05, 0.1) is 6.61 Å². The normalized spacial score (nSPS) is 10.5. The van der Waals surface area contributed by atoms with Crippen molar-refractivity contribution in [2.45, 2.75) is 20.4 Å². The maximum atomic E-state index is 6.20. The van der Waals surface area contributed by atoms with Crippen LogP contribution in [0.5, 0.6) is 5.88 Å². The zero-order valence-electron chi connectivity index (χ0n) is 12.4. The summed E-state index contributed by atoms with van der Waals surface area (Å²) < 4.78 is 5.45. The van der Waals surface area contributed by atoms with Gasteiger partial charge in [0.1, 0.15) is 11.6 Å². The van der Waals surface area contributed by atoms with E-state index in [4.69, 9.17) is 22.1 Å². The fourth-order valence-corrected chi connectivity index (χ4v) is 2.17. The van der Waals surface area contributed by atoms with E-state index in [1.807, 2.05) is 37.9 Å². The van der Waals surface area contributed by atoms with Gasteiger partial charge in [-0.1, -0.05) is 11.6 Å². The van der Waals surface area contributed by atoms with Gasteiger partial charge >= 0.3 is 0 Å². The minimum absolute atomic E-state index is 0.570. The fraction of sp³-hybridized carbons (Fsp3) is 0.333. The summed E-state index contributed by atoms with van der Waals surface area (Å²) in [5.41, 5.74) is 7.45. The fourth-order valence-electron chi connectivity index (χ4n) is 1.99. The van der Waals surface area contributed by atoms with Crippen molar-refractivity contribution in [2.75, 3.05) is 24.3 Å². The molecule has 0 fully saturated rings. The van der Waals surface area contributed by atoms with Crippen LogP contribution in [-0.4, -0.2) is 23.6 Å². The summed E-state index contributed by atoms with van der Waals surface area (Å²) in [6.45, 7) is 4.94. The first kappa shape index (κ1) is 15.4. The van der Waals surface area contributed by atoms with E-state index in [1.165, 1.54) is 0 Å². The highest BCUT2D eigenvalue weighted by Crippen LogP contribution is 2.23. The van der Waals surface area contributed by atoms with Crippen LogP contribution in [0.2, 0.25) is 5.02 Å². The zero-order valence-corrected chi connectivity index (χ0v) is 13.2. The van der Waals surface area contributed by atoms with Gasteiger partial charge in [0.25, 0.3) is 0 Å². The predicted molar refractivity (Wildman–Crippen MR) is 85.9 cm³/mol. The lowest BCUT2D eigenvalue weighted by atomic mass is 10.2. The number of aromatic nitrogens is 2. The molecule has 2 N–H and O–H groups in total. The predicted octanol–water partition coefficient (Wildman–Crippen LogP) is 3.06. The molecule has 5 nitrogen and oxygen atoms in total. The molecule has 0 aliphatic carbocycles. The molecule has 0 amide bonds. The van der Waals surface area contributed by atoms with E-state index in [2.05, 4.69) is 9.97 Å². The molecule has 0 saturated heterocycles. The molecular formula is C15H19ClN4O. The highest BCUT2D eigenvalue weighted by atomic mass is 35.5. The molecule has 21 heavy (non-hydrogen) atoms. The summed E-state index contributed by atoms with van der Waals surface area (Å²) in [5.74, 6) is 2.02. The molecule has 2 rings (SSSR count). The van der Waals surface area contributed by atoms with Crippen LogP contribution in [0.1, 0.15) is 18.3 Å². The maximum absolute atomic E-state index is 6.20. The first-order valence-electron chi connectivity index (χ1n) is 6.73. The van der Waals surface area contributed by atoms with E-state index in [9.17, 15) is 0 Å². The lowest BCUT2D eigenvalue weighted by molar-refractivity contribution is 0.325. The van der Waals surface area contributed by atoms with Crippen molar-refractivity contribution in [3.63, 3.8) is 0 Å². The number of nitrogens with zero attached hydrogens (tertiary/aromatic N) is 3. The summed E-state index contributed by atoms with van der Waals surface area (Å²) in [6, 6.07) is 7.28. The number of hydrogen-bond acceptors (Lipinski definition) is 5. The SMILES string of the molecule is CCOc1cc(N(C)Cc2cc(N)ccc2Cl)nc(C)n1. The van der Waals surface area contributed by atoms with Gasteiger partial charge in [0, 0.05) is 30.4 Å². The number of hydrogen-bond donors (Lipinski definition) is 1. The number of nitrogens with two attached hydrogens (primary N) is 1. The third kappa shape index (κ3) is 3.98. The highest BCUT2D eigenvalue weighted by molar-refractivity contribution is 6.31. The third-order valence-electron chi connectivity index (χ3n) is 2.96. The molecule has 1 aromatic heterocycles. The quantitative estimate of drug-likeness (QED) is 0.860. The Hall–Kier alpha value is -2.01. The van der Waals surface area contributed by atoms with E-state index in [1.54, 1.807) is 12.1 Å². The Morgan fingerprint density at radius 2 is 2.05 bits per heavy atom. The first-order valence-corrected chi connectivity index (χ1v) is 7.11. The Morgan fingerprint density at radius 3 is 2.76 bits per heavy atom. The molecule has 112 valence electrons. The number of ether oxygens (including phenoxy) is 1. The van der Waals surface area contributed by atoms with Crippen LogP contribution in [0.15, 0.2) is 24.3 Å². The van der Waals surface area contributed by atoms with Crippen molar-refractivity contribution < 1.29 is 4.74 Å². The van der Waals surface area contributed by atoms with Crippen LogP contribution in [0.4, 0.5) is 11.5 Å². The molecule has 0 aliphatic heterocycles. The molecular weight excluding hydrogens is 288 g/mol. The van der Waals surface area contributed by atoms with Crippen molar-refractivity contribution >= 4 is 23.1 Å². The average molecular weight is 307 g/mol. The van der Waals surface area contributed by atoms with Gasteiger partial charge in [-0.25, -0.2) is 4.98 Å². The smallest absolute Gasteiger partial charge is 0.218 e. The zero-order chi connectivity index (χ0) is 15.4. The topological polar surface area (TPSA) is 64.3 Å². The van der Waals surface area contributed by atoms with Gasteiger partial charge < -0.3 is 15.4 Å². The number of rotatable bonds is 5. The van der Waals surface area contributed by atoms with E-state index >= 15 is 0 Å². The lowest BCUT2D eigenvalue weighted by Crippen LogP contribution is -2.19. The molecule has 0 spiro atoms. The summed E-state index contributed by atoms with van der Waals surface area (Å²) in [7, 11) is 1.94. The summed E-state index contributed by atoms with van der Waals surface area (Å²) in [5, 5.41) is 0.687. The molecule has 0 radical (unpaired) electrons. The Bertz CT molecular complexity index is 633. The maximum Gasteiger partial charge on any atom is 0.218 e. The molecule has 0 atom stereocenters. The van der Waals surface area contributed by atoms with Crippen LogP contribution in [-0.2, 0) is 6.54 Å². The molecule has 0 unspecified atom stereocenters. The van der Waals surface area contributed by atoms with E-state index in [0.717, 1.165) is 11.4 Å². The number of benzene rings is 1. The van der Waals surface area contributed by atoms with Gasteiger partial charge in [0.15, 0.2) is 0 Å². The lowest BCUT2D eigenvalue weighted by Gasteiger charge is -2.20. The van der Waals surface area contributed by atoms with Gasteiger partial charge in [0.2, 0.25) is 5.88 Å². The average Bonchev–Trinajstić information content (AvgIpc) is 2.42. The van der Waals surface area contributed by atoms with Crippen molar-refractivity contribution in [1.82, 2.24) is 9.97 Å². The molecule has 1 heterocycles. The summed E-state index contributed by atoms with van der Waals surface area (Å²) in [6.07, 6.45) is 0. The molecule has 0 bridgehead atoms. The monoisotopic (exact) mass is 306 g/mol. The Labute approximate surface area is 129 Å². The standard InChI is InChI=1S/C15H19ClN4O/c1-4-21-15-8-14(18-10(2)19-15)20(3)9-11-7-12(17)5-6-13(11)16/h5-8H,4,9,17H2,1-3H3. The molecule has 0 aliphatic rings. The second-order valence-electron chi connectivity index (χ2n) is 4.75. The third-order valence-corrected chi connectivity index (χ3v) is 3.33. The van der Waals surface area contributed by atoms with Crippen LogP contribution in [0, 0.1) is 6.92 Å². The van der Waals surface area contributed by atoms with Crippen molar-refractivity contribution in [3.8, 4) is 5.88 Å². The summed E-state index contributed by atoms with van der Waals surface area (Å²) >= 11 is 6.20. The van der Waals surface area contributed by atoms with Gasteiger partial charge in [-0.05, 0) is 37.6 Å². The number of halogens is 1. The molecule has 0 saturated carbocycles. The minimum Gasteiger partial charge on any atom is -0.478 e. The second-order valence-corrected chi connectivity index (χ2v) is 5.16. The van der Waals surface area contributed by atoms with Crippen LogP contribution < -0.4 is 15.4 Å². The number of aryl methyl sites for hydroxylation is 1. The molecule has 6 heteroatoms. The van der Waals surface area contributed by atoms with Crippen molar-refractivity contribution in [3.05, 3.63) is 40.7 Å². The first-order chi connectivity index (χ1) is 9.99. The van der Waals surface area contributed by atoms with E-state index in [0.29, 0.717) is 35.6 Å². The molecule has 1 aromatic carbocycles. The molecule has 2 aromatic rings. The van der Waals surface area contributed by atoms with Crippen molar-refractivity contribution in [2.24, 2.45) is 0 Å². The van der Waals surface area contributed by atoms with Crippen LogP contribution in [0.3, 0.4) is 0 Å². The largest absolute Gasteiger partial charge is 0.478 e. The van der Waals surface area contributed by atoms with Gasteiger partial charge in [-0.15, -0.1) is 0 Å². The second kappa shape index (κ2) is 6.63. The number of anilines is 2. The van der Waals surface area contributed by atoms with Crippen molar-refractivity contribution in [1.29, 1.82) is 0 Å². The minimum atomic E-state index is 0.570. The van der Waals surface area contributed by atoms with E-state index < -0.39 is 0 Å². The van der Waals surface area contributed by atoms with Gasteiger partial charge in [-0.3, -0.25) is 0 Å². The highest BCUT2D eigenvalue weighted by Gasteiger charge is 2.10. The number of nitrogen functional groups attached to an aromatic ring is 1. The Balaban J connectivity index is 2.23. The van der Waals surface area contributed by atoms with E-state index in [-0.39, 0.29) is 0 Å². The van der Waals surface area contributed by atoms with Crippen LogP contribution >= 0.6 is 11.6 Å². The van der Waals surface area contributed by atoms with Gasteiger partial charge in [-0.2, -0.15) is 4.98 Å². The Kier molecular flexibility index (Phi) is 4.85. The Morgan fingerprint density at radius 1 is 1.29 bits per heavy atom.